The fourth-order valence-electron chi connectivity index (χ4n) is 2.45. The Kier molecular flexibility index (Phi) is 8.09. The van der Waals surface area contributed by atoms with E-state index in [1.54, 1.807) is 6.07 Å². The Morgan fingerprint density at radius 2 is 1.95 bits per heavy atom. The van der Waals surface area contributed by atoms with E-state index in [1.807, 2.05) is 30.9 Å². The molecule has 2 rings (SSSR count). The molecule has 1 fully saturated rings. The highest BCUT2D eigenvalue weighted by molar-refractivity contribution is 5.92. The second-order valence-electron chi connectivity index (χ2n) is 5.15. The van der Waals surface area contributed by atoms with Crippen molar-refractivity contribution < 1.29 is 4.79 Å². The lowest BCUT2D eigenvalue weighted by atomic mass is 9.91. The van der Waals surface area contributed by atoms with Crippen LogP contribution in [0.5, 0.6) is 0 Å². The number of halogens is 2. The number of nitrogens with two attached hydrogens (primary N) is 1. The van der Waals surface area contributed by atoms with Crippen molar-refractivity contribution in [2.24, 2.45) is 11.7 Å². The standard InChI is InChI=1S/C14H21N3O.2ClH/c1-10-4-3-5-13(16-10)14(18)17-8-6-12(7-9-17)11(2)15;;/h3-5,11-12H,6-9,15H2,1-2H3;2*1H. The third-order valence-corrected chi connectivity index (χ3v) is 3.68. The van der Waals surface area contributed by atoms with E-state index in [2.05, 4.69) is 4.98 Å². The van der Waals surface area contributed by atoms with E-state index >= 15 is 0 Å². The lowest BCUT2D eigenvalue weighted by molar-refractivity contribution is 0.0675. The Morgan fingerprint density at radius 3 is 2.45 bits per heavy atom. The number of pyridine rings is 1. The largest absolute Gasteiger partial charge is 0.337 e. The number of rotatable bonds is 2. The number of piperidine rings is 1. The van der Waals surface area contributed by atoms with Crippen LogP contribution in [0.3, 0.4) is 0 Å². The van der Waals surface area contributed by atoms with Crippen LogP contribution >= 0.6 is 24.8 Å². The van der Waals surface area contributed by atoms with Crippen molar-refractivity contribution in [1.29, 1.82) is 0 Å². The third-order valence-electron chi connectivity index (χ3n) is 3.68. The zero-order chi connectivity index (χ0) is 13.1. The van der Waals surface area contributed by atoms with Crippen molar-refractivity contribution >= 4 is 30.7 Å². The molecule has 1 aliphatic rings. The van der Waals surface area contributed by atoms with Gasteiger partial charge in [0.25, 0.3) is 5.91 Å². The zero-order valence-electron chi connectivity index (χ0n) is 11.9. The van der Waals surface area contributed by atoms with Crippen LogP contribution in [-0.4, -0.2) is 34.9 Å². The van der Waals surface area contributed by atoms with E-state index in [0.29, 0.717) is 11.6 Å². The summed E-state index contributed by atoms with van der Waals surface area (Å²) in [7, 11) is 0. The molecule has 1 aliphatic heterocycles. The molecule has 1 unspecified atom stereocenters. The van der Waals surface area contributed by atoms with E-state index in [-0.39, 0.29) is 36.8 Å². The van der Waals surface area contributed by atoms with Crippen molar-refractivity contribution in [2.45, 2.75) is 32.7 Å². The topological polar surface area (TPSA) is 59.2 Å². The Morgan fingerprint density at radius 1 is 1.35 bits per heavy atom. The fourth-order valence-corrected chi connectivity index (χ4v) is 2.45. The molecule has 1 amide bonds. The number of carbonyl (C=O) groups is 1. The van der Waals surface area contributed by atoms with Crippen molar-refractivity contribution in [1.82, 2.24) is 9.88 Å². The Balaban J connectivity index is 0.00000180. The minimum atomic E-state index is 0. The highest BCUT2D eigenvalue weighted by Gasteiger charge is 2.25. The maximum Gasteiger partial charge on any atom is 0.272 e. The van der Waals surface area contributed by atoms with Crippen molar-refractivity contribution in [3.05, 3.63) is 29.6 Å². The van der Waals surface area contributed by atoms with Crippen LogP contribution in [0.1, 0.15) is 35.9 Å². The van der Waals surface area contributed by atoms with Gasteiger partial charge in [-0.1, -0.05) is 6.07 Å². The predicted octanol–water partition coefficient (Wildman–Crippen LogP) is 2.43. The molecule has 0 bridgehead atoms. The van der Waals surface area contributed by atoms with Crippen LogP contribution in [0.25, 0.3) is 0 Å². The molecule has 114 valence electrons. The molecule has 0 radical (unpaired) electrons. The van der Waals surface area contributed by atoms with Crippen molar-refractivity contribution in [3.63, 3.8) is 0 Å². The second kappa shape index (κ2) is 8.45. The van der Waals surface area contributed by atoms with Crippen LogP contribution in [0.2, 0.25) is 0 Å². The highest BCUT2D eigenvalue weighted by atomic mass is 35.5. The van der Waals surface area contributed by atoms with E-state index in [0.717, 1.165) is 31.6 Å². The first kappa shape index (κ1) is 19.2. The van der Waals surface area contributed by atoms with Crippen LogP contribution in [0, 0.1) is 12.8 Å². The summed E-state index contributed by atoms with van der Waals surface area (Å²) in [6.45, 7) is 5.53. The number of nitrogens with zero attached hydrogens (tertiary/aromatic N) is 2. The van der Waals surface area contributed by atoms with E-state index in [1.165, 1.54) is 0 Å². The van der Waals surface area contributed by atoms with Gasteiger partial charge in [-0.25, -0.2) is 4.98 Å². The minimum absolute atomic E-state index is 0. The molecule has 2 N–H and O–H groups in total. The summed E-state index contributed by atoms with van der Waals surface area (Å²) in [4.78, 5) is 18.4. The first-order valence-corrected chi connectivity index (χ1v) is 6.56. The number of carbonyl (C=O) groups excluding carboxylic acids is 1. The minimum Gasteiger partial charge on any atom is -0.337 e. The Labute approximate surface area is 132 Å². The van der Waals surface area contributed by atoms with Crippen LogP contribution < -0.4 is 5.73 Å². The molecule has 2 heterocycles. The average molecular weight is 320 g/mol. The Bertz CT molecular complexity index is 432. The molecular weight excluding hydrogens is 297 g/mol. The van der Waals surface area contributed by atoms with Crippen LogP contribution in [0.4, 0.5) is 0 Å². The van der Waals surface area contributed by atoms with Gasteiger partial charge in [-0.15, -0.1) is 24.8 Å². The molecule has 0 aliphatic carbocycles. The van der Waals surface area contributed by atoms with Crippen molar-refractivity contribution in [2.75, 3.05) is 13.1 Å². The third kappa shape index (κ3) is 4.62. The number of amides is 1. The summed E-state index contributed by atoms with van der Waals surface area (Å²) in [5, 5.41) is 0. The lowest BCUT2D eigenvalue weighted by Crippen LogP contribution is -2.42. The maximum atomic E-state index is 12.3. The van der Waals surface area contributed by atoms with E-state index in [9.17, 15) is 4.79 Å². The molecule has 0 saturated carbocycles. The van der Waals surface area contributed by atoms with Crippen LogP contribution in [0.15, 0.2) is 18.2 Å². The molecule has 20 heavy (non-hydrogen) atoms. The molecule has 6 heteroatoms. The number of aryl methyl sites for hydroxylation is 1. The number of likely N-dealkylation sites (tertiary alicyclic amines) is 1. The number of aromatic nitrogens is 1. The van der Waals surface area contributed by atoms with Crippen LogP contribution in [-0.2, 0) is 0 Å². The van der Waals surface area contributed by atoms with Gasteiger partial charge in [0, 0.05) is 24.8 Å². The van der Waals surface area contributed by atoms with Gasteiger partial charge in [-0.3, -0.25) is 4.79 Å². The smallest absolute Gasteiger partial charge is 0.272 e. The summed E-state index contributed by atoms with van der Waals surface area (Å²) >= 11 is 0. The first-order valence-electron chi connectivity index (χ1n) is 6.56. The second-order valence-corrected chi connectivity index (χ2v) is 5.15. The lowest BCUT2D eigenvalue weighted by Gasteiger charge is -2.33. The van der Waals surface area contributed by atoms with Gasteiger partial charge in [0.05, 0.1) is 0 Å². The van der Waals surface area contributed by atoms with Gasteiger partial charge in [0.15, 0.2) is 0 Å². The predicted molar refractivity (Wildman–Crippen MR) is 85.7 cm³/mol. The normalized spacial score (nSPS) is 16.9. The van der Waals surface area contributed by atoms with Crippen molar-refractivity contribution in [3.8, 4) is 0 Å². The summed E-state index contributed by atoms with van der Waals surface area (Å²) in [5.41, 5.74) is 7.33. The van der Waals surface area contributed by atoms with Gasteiger partial charge in [0.1, 0.15) is 5.69 Å². The Hall–Kier alpha value is -0.840. The fraction of sp³-hybridized carbons (Fsp3) is 0.571. The van der Waals surface area contributed by atoms with Gasteiger partial charge in [-0.05, 0) is 44.7 Å². The summed E-state index contributed by atoms with van der Waals surface area (Å²) in [6.07, 6.45) is 1.99. The quantitative estimate of drug-likeness (QED) is 0.910. The molecule has 1 aromatic rings. The first-order chi connectivity index (χ1) is 8.58. The molecular formula is C14H23Cl2N3O. The molecule has 1 saturated heterocycles. The summed E-state index contributed by atoms with van der Waals surface area (Å²) < 4.78 is 0. The summed E-state index contributed by atoms with van der Waals surface area (Å²) in [6, 6.07) is 5.79. The monoisotopic (exact) mass is 319 g/mol. The number of hydrogen-bond donors (Lipinski definition) is 1. The SMILES string of the molecule is Cc1cccc(C(=O)N2CCC(C(C)N)CC2)n1.Cl.Cl. The van der Waals surface area contributed by atoms with E-state index in [4.69, 9.17) is 5.73 Å². The molecule has 0 aromatic carbocycles. The van der Waals surface area contributed by atoms with Gasteiger partial charge < -0.3 is 10.6 Å². The summed E-state index contributed by atoms with van der Waals surface area (Å²) in [5.74, 6) is 0.585. The number of hydrogen-bond acceptors (Lipinski definition) is 3. The molecule has 1 atom stereocenters. The molecule has 1 aromatic heterocycles. The maximum absolute atomic E-state index is 12.3. The average Bonchev–Trinajstić information content (AvgIpc) is 2.38. The van der Waals surface area contributed by atoms with E-state index < -0.39 is 0 Å². The van der Waals surface area contributed by atoms with Gasteiger partial charge in [0.2, 0.25) is 0 Å². The zero-order valence-corrected chi connectivity index (χ0v) is 13.5. The molecule has 4 nitrogen and oxygen atoms in total. The van der Waals surface area contributed by atoms with Gasteiger partial charge >= 0.3 is 0 Å². The van der Waals surface area contributed by atoms with Gasteiger partial charge in [-0.2, -0.15) is 0 Å². The highest BCUT2D eigenvalue weighted by Crippen LogP contribution is 2.20. The molecule has 0 spiro atoms.